The molecule has 0 saturated heterocycles. The monoisotopic (exact) mass is 366 g/mol. The van der Waals surface area contributed by atoms with E-state index in [-0.39, 0.29) is 4.90 Å². The van der Waals surface area contributed by atoms with Crippen molar-refractivity contribution in [3.05, 3.63) is 47.5 Å². The average Bonchev–Trinajstić information content (AvgIpc) is 2.62. The smallest absolute Gasteiger partial charge is 0.343 e. The Balaban J connectivity index is 2.93. The van der Waals surface area contributed by atoms with E-state index >= 15 is 0 Å². The minimum atomic E-state index is -4.46. The molecular formula is C16H14O8S. The molecule has 0 radical (unpaired) electrons. The molecule has 2 rings (SSSR count). The number of phenols is 2. The molecule has 0 amide bonds. The number of hydrogen-bond acceptors (Lipinski definition) is 8. The highest BCUT2D eigenvalue weighted by Crippen LogP contribution is 2.40. The third-order valence-electron chi connectivity index (χ3n) is 3.35. The number of ether oxygens (including phenoxy) is 2. The zero-order chi connectivity index (χ0) is 18.8. The number of carbonyl (C=O) groups is 2. The van der Waals surface area contributed by atoms with Gasteiger partial charge in [-0.05, 0) is 18.2 Å². The number of methoxy groups -OCH3 is 2. The van der Waals surface area contributed by atoms with E-state index in [1.807, 2.05) is 0 Å². The number of sulfone groups is 1. The largest absolute Gasteiger partial charge is 0.507 e. The quantitative estimate of drug-likeness (QED) is 0.616. The maximum absolute atomic E-state index is 12.9. The molecule has 0 saturated carbocycles. The fraction of sp³-hybridized carbons (Fsp3) is 0.125. The maximum Gasteiger partial charge on any atom is 0.343 e. The van der Waals surface area contributed by atoms with Crippen LogP contribution in [0, 0.1) is 0 Å². The van der Waals surface area contributed by atoms with E-state index in [0.717, 1.165) is 20.3 Å². The minimum absolute atomic E-state index is 0.253. The number of aromatic hydroxyl groups is 2. The van der Waals surface area contributed by atoms with Crippen LogP contribution >= 0.6 is 0 Å². The number of hydrogen-bond donors (Lipinski definition) is 2. The van der Waals surface area contributed by atoms with E-state index in [2.05, 4.69) is 9.47 Å². The van der Waals surface area contributed by atoms with Gasteiger partial charge in [0, 0.05) is 0 Å². The van der Waals surface area contributed by atoms with Crippen LogP contribution in [-0.4, -0.2) is 44.8 Å². The van der Waals surface area contributed by atoms with Crippen LogP contribution in [0.5, 0.6) is 11.5 Å². The fourth-order valence-corrected chi connectivity index (χ4v) is 3.75. The molecule has 0 unspecified atom stereocenters. The second-order valence-electron chi connectivity index (χ2n) is 4.80. The molecule has 25 heavy (non-hydrogen) atoms. The van der Waals surface area contributed by atoms with E-state index in [9.17, 15) is 28.2 Å². The lowest BCUT2D eigenvalue weighted by Gasteiger charge is -2.15. The Bertz CT molecular complexity index is 932. The Labute approximate surface area is 143 Å². The van der Waals surface area contributed by atoms with Gasteiger partial charge in [0.15, 0.2) is 0 Å². The van der Waals surface area contributed by atoms with Gasteiger partial charge in [-0.15, -0.1) is 0 Å². The molecule has 2 aromatic rings. The third kappa shape index (κ3) is 3.13. The van der Waals surface area contributed by atoms with Gasteiger partial charge in [0.2, 0.25) is 9.84 Å². The van der Waals surface area contributed by atoms with Crippen LogP contribution in [0.25, 0.3) is 0 Å². The molecule has 2 N–H and O–H groups in total. The first kappa shape index (κ1) is 18.3. The topological polar surface area (TPSA) is 127 Å². The minimum Gasteiger partial charge on any atom is -0.507 e. The molecule has 0 spiro atoms. The summed E-state index contributed by atoms with van der Waals surface area (Å²) in [6.45, 7) is 0. The summed E-state index contributed by atoms with van der Waals surface area (Å²) in [6.07, 6.45) is 0. The summed E-state index contributed by atoms with van der Waals surface area (Å²) in [5.74, 6) is -4.15. The fourth-order valence-electron chi connectivity index (χ4n) is 2.18. The summed E-state index contributed by atoms with van der Waals surface area (Å²) in [6, 6.07) is 7.65. The second kappa shape index (κ2) is 6.81. The first-order chi connectivity index (χ1) is 11.8. The van der Waals surface area contributed by atoms with Crippen molar-refractivity contribution in [2.45, 2.75) is 9.79 Å². The lowest BCUT2D eigenvalue weighted by Crippen LogP contribution is -2.14. The molecule has 0 aliphatic heterocycles. The highest BCUT2D eigenvalue weighted by molar-refractivity contribution is 7.91. The molecular weight excluding hydrogens is 352 g/mol. The molecule has 0 aliphatic carbocycles. The summed E-state index contributed by atoms with van der Waals surface area (Å²) in [7, 11) is -2.47. The van der Waals surface area contributed by atoms with E-state index in [1.165, 1.54) is 24.3 Å². The van der Waals surface area contributed by atoms with Crippen LogP contribution in [0.3, 0.4) is 0 Å². The molecule has 8 nitrogen and oxygen atoms in total. The number of rotatable bonds is 4. The molecule has 0 fully saturated rings. The van der Waals surface area contributed by atoms with Crippen LogP contribution in [0.2, 0.25) is 0 Å². The van der Waals surface area contributed by atoms with Gasteiger partial charge >= 0.3 is 11.9 Å². The summed E-state index contributed by atoms with van der Waals surface area (Å²) < 4.78 is 34.7. The molecule has 0 bridgehead atoms. The van der Waals surface area contributed by atoms with Crippen molar-refractivity contribution in [3.63, 3.8) is 0 Å². The number of phenolic OH excluding ortho intramolecular Hbond substituents is 2. The normalized spacial score (nSPS) is 11.0. The van der Waals surface area contributed by atoms with Gasteiger partial charge in [0.25, 0.3) is 0 Å². The Morgan fingerprint density at radius 1 is 0.960 bits per heavy atom. The standard InChI is InChI=1S/C16H14O8S/c1-23-15(19)10-8-11(17)12(16(20)24-2)14(13(10)18)25(21,22)9-6-4-3-5-7-9/h3-8,17-18H,1-2H3. The van der Waals surface area contributed by atoms with E-state index in [4.69, 9.17) is 0 Å². The number of benzene rings is 2. The highest BCUT2D eigenvalue weighted by Gasteiger charge is 2.35. The average molecular weight is 366 g/mol. The van der Waals surface area contributed by atoms with Gasteiger partial charge in [-0.3, -0.25) is 0 Å². The van der Waals surface area contributed by atoms with Crippen LogP contribution < -0.4 is 0 Å². The van der Waals surface area contributed by atoms with Crippen LogP contribution in [0.1, 0.15) is 20.7 Å². The highest BCUT2D eigenvalue weighted by atomic mass is 32.2. The summed E-state index contributed by atoms with van der Waals surface area (Å²) >= 11 is 0. The van der Waals surface area contributed by atoms with Gasteiger partial charge in [-0.25, -0.2) is 18.0 Å². The summed E-state index contributed by atoms with van der Waals surface area (Å²) in [4.78, 5) is 22.5. The molecule has 9 heteroatoms. The Kier molecular flexibility index (Phi) is 4.98. The molecule has 2 aromatic carbocycles. The Morgan fingerprint density at radius 2 is 1.52 bits per heavy atom. The lowest BCUT2D eigenvalue weighted by atomic mass is 10.1. The van der Waals surface area contributed by atoms with E-state index < -0.39 is 49.3 Å². The zero-order valence-corrected chi connectivity index (χ0v) is 14.0. The van der Waals surface area contributed by atoms with E-state index in [0.29, 0.717) is 0 Å². The van der Waals surface area contributed by atoms with Crippen molar-refractivity contribution in [2.75, 3.05) is 14.2 Å². The summed E-state index contributed by atoms with van der Waals surface area (Å²) in [5, 5.41) is 20.4. The second-order valence-corrected chi connectivity index (χ2v) is 6.68. The van der Waals surface area contributed by atoms with Crippen molar-refractivity contribution in [1.82, 2.24) is 0 Å². The predicted octanol–water partition coefficient (Wildman–Crippen LogP) is 1.50. The molecule has 132 valence electrons. The van der Waals surface area contributed by atoms with Crippen LogP contribution in [-0.2, 0) is 19.3 Å². The predicted molar refractivity (Wildman–Crippen MR) is 84.3 cm³/mol. The van der Waals surface area contributed by atoms with Crippen LogP contribution in [0.15, 0.2) is 46.2 Å². The van der Waals surface area contributed by atoms with Crippen molar-refractivity contribution >= 4 is 21.8 Å². The lowest BCUT2D eigenvalue weighted by molar-refractivity contribution is 0.0576. The van der Waals surface area contributed by atoms with Gasteiger partial charge in [0.05, 0.1) is 19.1 Å². The van der Waals surface area contributed by atoms with Crippen molar-refractivity contribution in [3.8, 4) is 11.5 Å². The van der Waals surface area contributed by atoms with E-state index in [1.54, 1.807) is 6.07 Å². The molecule has 0 atom stereocenters. The maximum atomic E-state index is 12.9. The van der Waals surface area contributed by atoms with Gasteiger partial charge in [0.1, 0.15) is 27.5 Å². The first-order valence-electron chi connectivity index (χ1n) is 6.81. The zero-order valence-electron chi connectivity index (χ0n) is 13.2. The van der Waals surface area contributed by atoms with Gasteiger partial charge in [-0.1, -0.05) is 18.2 Å². The first-order valence-corrected chi connectivity index (χ1v) is 8.29. The molecule has 0 heterocycles. The summed E-state index contributed by atoms with van der Waals surface area (Å²) in [5.41, 5.74) is -1.39. The van der Waals surface area contributed by atoms with Crippen LogP contribution in [0.4, 0.5) is 0 Å². The molecule has 0 aliphatic rings. The van der Waals surface area contributed by atoms with Gasteiger partial charge < -0.3 is 19.7 Å². The van der Waals surface area contributed by atoms with Gasteiger partial charge in [-0.2, -0.15) is 0 Å². The third-order valence-corrected chi connectivity index (χ3v) is 5.18. The number of carbonyl (C=O) groups excluding carboxylic acids is 2. The van der Waals surface area contributed by atoms with Crippen molar-refractivity contribution in [1.29, 1.82) is 0 Å². The number of esters is 2. The van der Waals surface area contributed by atoms with Crippen molar-refractivity contribution in [2.24, 2.45) is 0 Å². The Hall–Kier alpha value is -3.07. The van der Waals surface area contributed by atoms with Crippen molar-refractivity contribution < 1.29 is 37.7 Å². The molecule has 0 aromatic heterocycles. The Morgan fingerprint density at radius 3 is 2.04 bits per heavy atom. The SMILES string of the molecule is COC(=O)c1cc(O)c(C(=O)OC)c(S(=O)(=O)c2ccccc2)c1O.